The van der Waals surface area contributed by atoms with Crippen molar-refractivity contribution in [2.75, 3.05) is 51.4 Å². The molecule has 0 amide bonds. The molecular weight excluding hydrogens is 290 g/mol. The Balaban J connectivity index is 1.62. The number of rotatable bonds is 5. The largest absolute Gasteiger partial charge is 0.381 e. The number of pyridine rings is 1. The van der Waals surface area contributed by atoms with E-state index in [1.54, 1.807) is 6.20 Å². The molecule has 0 saturated carbocycles. The zero-order valence-electron chi connectivity index (χ0n) is 12.1. The van der Waals surface area contributed by atoms with Gasteiger partial charge < -0.3 is 14.8 Å². The van der Waals surface area contributed by atoms with Gasteiger partial charge in [-0.3, -0.25) is 4.90 Å². The molecule has 3 heterocycles. The number of morpholine rings is 1. The molecule has 2 unspecified atom stereocenters. The van der Waals surface area contributed by atoms with Crippen molar-refractivity contribution in [2.24, 2.45) is 5.92 Å². The average Bonchev–Trinajstić information content (AvgIpc) is 3.05. The van der Waals surface area contributed by atoms with Crippen LogP contribution in [0.25, 0.3) is 0 Å². The van der Waals surface area contributed by atoms with E-state index < -0.39 is 0 Å². The molecule has 1 N–H and O–H groups in total. The lowest BCUT2D eigenvalue weighted by Gasteiger charge is -2.37. The number of ether oxygens (including phenoxy) is 2. The minimum Gasteiger partial charge on any atom is -0.381 e. The summed E-state index contributed by atoms with van der Waals surface area (Å²) in [6.45, 7) is 6.26. The van der Waals surface area contributed by atoms with Crippen LogP contribution < -0.4 is 5.32 Å². The van der Waals surface area contributed by atoms with Gasteiger partial charge >= 0.3 is 0 Å². The Hall–Kier alpha value is -0.880. The third kappa shape index (κ3) is 4.07. The molecule has 2 aliphatic heterocycles. The molecule has 2 aliphatic rings. The third-order valence-electron chi connectivity index (χ3n) is 4.24. The van der Waals surface area contributed by atoms with Crippen LogP contribution in [0.5, 0.6) is 0 Å². The highest BCUT2D eigenvalue weighted by atomic mass is 35.5. The van der Waals surface area contributed by atoms with Gasteiger partial charge in [-0.25, -0.2) is 4.98 Å². The minimum atomic E-state index is 0.467. The van der Waals surface area contributed by atoms with E-state index in [0.29, 0.717) is 17.0 Å². The first-order valence-corrected chi connectivity index (χ1v) is 7.96. The van der Waals surface area contributed by atoms with Crippen LogP contribution in [-0.4, -0.2) is 62.0 Å². The molecule has 0 aromatic carbocycles. The van der Waals surface area contributed by atoms with E-state index in [-0.39, 0.29) is 0 Å². The molecule has 116 valence electrons. The second-order valence-corrected chi connectivity index (χ2v) is 6.02. The summed E-state index contributed by atoms with van der Waals surface area (Å²) in [5, 5.41) is 4.10. The van der Waals surface area contributed by atoms with Gasteiger partial charge in [0, 0.05) is 44.4 Å². The number of nitrogens with zero attached hydrogens (tertiary/aromatic N) is 2. The molecular formula is C15H22ClN3O2. The average molecular weight is 312 g/mol. The first kappa shape index (κ1) is 15.0. The van der Waals surface area contributed by atoms with Gasteiger partial charge in [-0.2, -0.15) is 0 Å². The van der Waals surface area contributed by atoms with Crippen LogP contribution in [0.4, 0.5) is 5.82 Å². The molecule has 2 fully saturated rings. The predicted molar refractivity (Wildman–Crippen MR) is 82.8 cm³/mol. The normalized spacial score (nSPS) is 24.9. The molecule has 21 heavy (non-hydrogen) atoms. The van der Waals surface area contributed by atoms with Crippen LogP contribution in [0.1, 0.15) is 6.42 Å². The van der Waals surface area contributed by atoms with Gasteiger partial charge in [0.1, 0.15) is 5.82 Å². The number of hydrogen-bond acceptors (Lipinski definition) is 5. The van der Waals surface area contributed by atoms with Crippen molar-refractivity contribution in [2.45, 2.75) is 12.5 Å². The summed E-state index contributed by atoms with van der Waals surface area (Å²) in [6.07, 6.45) is 2.81. The first-order chi connectivity index (χ1) is 10.3. The van der Waals surface area contributed by atoms with E-state index in [1.165, 1.54) is 0 Å². The lowest BCUT2D eigenvalue weighted by atomic mass is 9.97. The fourth-order valence-corrected chi connectivity index (χ4v) is 3.16. The van der Waals surface area contributed by atoms with E-state index >= 15 is 0 Å². The van der Waals surface area contributed by atoms with Crippen LogP contribution in [0, 0.1) is 5.92 Å². The van der Waals surface area contributed by atoms with E-state index in [4.69, 9.17) is 21.1 Å². The predicted octanol–water partition coefficient (Wildman–Crippen LogP) is 1.88. The SMILES string of the molecule is Clc1ccc(NCC(C2CCOC2)N2CCOCC2)nc1. The molecule has 0 bridgehead atoms. The Morgan fingerprint density at radius 2 is 2.14 bits per heavy atom. The topological polar surface area (TPSA) is 46.6 Å². The second-order valence-electron chi connectivity index (χ2n) is 5.58. The maximum atomic E-state index is 5.87. The van der Waals surface area contributed by atoms with Crippen LogP contribution in [0.3, 0.4) is 0 Å². The molecule has 0 spiro atoms. The Labute approximate surface area is 130 Å². The zero-order valence-corrected chi connectivity index (χ0v) is 12.9. The summed E-state index contributed by atoms with van der Waals surface area (Å²) >= 11 is 5.87. The van der Waals surface area contributed by atoms with Crippen molar-refractivity contribution in [3.8, 4) is 0 Å². The minimum absolute atomic E-state index is 0.467. The lowest BCUT2D eigenvalue weighted by molar-refractivity contribution is 0.00460. The molecule has 2 atom stereocenters. The van der Waals surface area contributed by atoms with Gasteiger partial charge in [0.05, 0.1) is 24.8 Å². The summed E-state index contributed by atoms with van der Waals surface area (Å²) in [4.78, 5) is 6.82. The third-order valence-corrected chi connectivity index (χ3v) is 4.47. The fraction of sp³-hybridized carbons (Fsp3) is 0.667. The Morgan fingerprint density at radius 1 is 1.29 bits per heavy atom. The molecule has 1 aromatic heterocycles. The van der Waals surface area contributed by atoms with Crippen LogP contribution in [-0.2, 0) is 9.47 Å². The number of hydrogen-bond donors (Lipinski definition) is 1. The molecule has 0 radical (unpaired) electrons. The highest BCUT2D eigenvalue weighted by Gasteiger charge is 2.31. The van der Waals surface area contributed by atoms with Gasteiger partial charge in [-0.1, -0.05) is 11.6 Å². The molecule has 5 nitrogen and oxygen atoms in total. The van der Waals surface area contributed by atoms with Crippen molar-refractivity contribution >= 4 is 17.4 Å². The van der Waals surface area contributed by atoms with Crippen molar-refractivity contribution < 1.29 is 9.47 Å². The standard InChI is InChI=1S/C15H22ClN3O2/c16-13-1-2-15(17-9-13)18-10-14(12-3-6-21-11-12)19-4-7-20-8-5-19/h1-2,9,12,14H,3-8,10-11H2,(H,17,18). The van der Waals surface area contributed by atoms with Gasteiger partial charge in [0.15, 0.2) is 0 Å². The number of nitrogens with one attached hydrogen (secondary N) is 1. The maximum Gasteiger partial charge on any atom is 0.126 e. The quantitative estimate of drug-likeness (QED) is 0.900. The van der Waals surface area contributed by atoms with E-state index in [1.807, 2.05) is 12.1 Å². The van der Waals surface area contributed by atoms with Gasteiger partial charge in [-0.15, -0.1) is 0 Å². The molecule has 3 rings (SSSR count). The summed E-state index contributed by atoms with van der Waals surface area (Å²) in [7, 11) is 0. The lowest BCUT2D eigenvalue weighted by Crippen LogP contribution is -2.50. The van der Waals surface area contributed by atoms with E-state index in [2.05, 4.69) is 15.2 Å². The van der Waals surface area contributed by atoms with Gasteiger partial charge in [0.25, 0.3) is 0 Å². The smallest absolute Gasteiger partial charge is 0.126 e. The van der Waals surface area contributed by atoms with Crippen LogP contribution >= 0.6 is 11.6 Å². The van der Waals surface area contributed by atoms with E-state index in [9.17, 15) is 0 Å². The van der Waals surface area contributed by atoms with Crippen molar-refractivity contribution in [3.63, 3.8) is 0 Å². The first-order valence-electron chi connectivity index (χ1n) is 7.58. The number of anilines is 1. The summed E-state index contributed by atoms with van der Waals surface area (Å²) in [6, 6.07) is 4.25. The van der Waals surface area contributed by atoms with Crippen molar-refractivity contribution in [1.29, 1.82) is 0 Å². The zero-order chi connectivity index (χ0) is 14.5. The second kappa shape index (κ2) is 7.40. The fourth-order valence-electron chi connectivity index (χ4n) is 3.05. The van der Waals surface area contributed by atoms with Crippen molar-refractivity contribution in [1.82, 2.24) is 9.88 Å². The van der Waals surface area contributed by atoms with Gasteiger partial charge in [-0.05, 0) is 18.6 Å². The number of halogens is 1. The Morgan fingerprint density at radius 3 is 2.81 bits per heavy atom. The van der Waals surface area contributed by atoms with Crippen LogP contribution in [0.2, 0.25) is 5.02 Å². The van der Waals surface area contributed by atoms with Crippen LogP contribution in [0.15, 0.2) is 18.3 Å². The monoisotopic (exact) mass is 311 g/mol. The van der Waals surface area contributed by atoms with Crippen molar-refractivity contribution in [3.05, 3.63) is 23.4 Å². The van der Waals surface area contributed by atoms with Gasteiger partial charge in [0.2, 0.25) is 0 Å². The molecule has 6 heteroatoms. The summed E-state index contributed by atoms with van der Waals surface area (Å²) in [5.41, 5.74) is 0. The Kier molecular flexibility index (Phi) is 5.30. The van der Waals surface area contributed by atoms with E-state index in [0.717, 1.165) is 58.3 Å². The summed E-state index contributed by atoms with van der Waals surface area (Å²) < 4.78 is 11.0. The molecule has 2 saturated heterocycles. The molecule has 0 aliphatic carbocycles. The highest BCUT2D eigenvalue weighted by molar-refractivity contribution is 6.30. The molecule has 1 aromatic rings. The summed E-state index contributed by atoms with van der Waals surface area (Å²) in [5.74, 6) is 1.46. The maximum absolute atomic E-state index is 5.87. The highest BCUT2D eigenvalue weighted by Crippen LogP contribution is 2.22. The number of aromatic nitrogens is 1. The Bertz CT molecular complexity index is 431.